The van der Waals surface area contributed by atoms with Gasteiger partial charge in [-0.1, -0.05) is 30.3 Å². The van der Waals surface area contributed by atoms with E-state index in [0.717, 1.165) is 5.75 Å². The molecule has 1 aromatic carbocycles. The van der Waals surface area contributed by atoms with Gasteiger partial charge >= 0.3 is 12.0 Å². The van der Waals surface area contributed by atoms with Gasteiger partial charge in [-0.3, -0.25) is 0 Å². The summed E-state index contributed by atoms with van der Waals surface area (Å²) < 4.78 is 0. The third-order valence-corrected chi connectivity index (χ3v) is 3.28. The minimum atomic E-state index is -1.08. The number of benzene rings is 1. The van der Waals surface area contributed by atoms with E-state index in [0.29, 0.717) is 5.56 Å². The number of carbonyl (C=O) groups is 2. The molecule has 0 aliphatic heterocycles. The maximum Gasteiger partial charge on any atom is 0.330 e. The van der Waals surface area contributed by atoms with Crippen LogP contribution in [0.5, 0.6) is 0 Å². The van der Waals surface area contributed by atoms with Gasteiger partial charge in [-0.05, 0) is 18.7 Å². The molecule has 2 amide bonds. The van der Waals surface area contributed by atoms with Crippen LogP contribution in [0.25, 0.3) is 0 Å². The van der Waals surface area contributed by atoms with E-state index in [1.807, 2.05) is 13.2 Å². The summed E-state index contributed by atoms with van der Waals surface area (Å²) in [7, 11) is 0. The zero-order valence-electron chi connectivity index (χ0n) is 10.9. The third-order valence-electron chi connectivity index (χ3n) is 2.45. The minimum absolute atomic E-state index is 0.0137. The number of carboxylic acids is 1. The Hall–Kier alpha value is -1.69. The van der Waals surface area contributed by atoms with Crippen LogP contribution in [0.15, 0.2) is 30.3 Å². The summed E-state index contributed by atoms with van der Waals surface area (Å²) >= 11 is 1.61. The van der Waals surface area contributed by atoms with Gasteiger partial charge in [-0.15, -0.1) is 0 Å². The Labute approximate surface area is 116 Å². The number of thioether (sulfide) groups is 1. The van der Waals surface area contributed by atoms with Gasteiger partial charge in [0.05, 0.1) is 0 Å². The average molecular weight is 282 g/mol. The lowest BCUT2D eigenvalue weighted by molar-refractivity contribution is -0.139. The predicted octanol–water partition coefficient (Wildman–Crippen LogP) is 1.86. The molecule has 0 saturated carbocycles. The van der Waals surface area contributed by atoms with E-state index in [2.05, 4.69) is 10.6 Å². The fraction of sp³-hybridized carbons (Fsp3) is 0.385. The molecule has 0 radical (unpaired) electrons. The molecule has 0 fully saturated rings. The predicted molar refractivity (Wildman–Crippen MR) is 76.3 cm³/mol. The SMILES string of the molecule is CSCC(C)NC(=O)N[C@H](C(=O)O)c1ccccc1. The fourth-order valence-electron chi connectivity index (χ4n) is 1.62. The molecule has 3 N–H and O–H groups in total. The Bertz CT molecular complexity index is 425. The van der Waals surface area contributed by atoms with Crippen molar-refractivity contribution in [1.82, 2.24) is 10.6 Å². The summed E-state index contributed by atoms with van der Waals surface area (Å²) in [5.41, 5.74) is 0.544. The summed E-state index contributed by atoms with van der Waals surface area (Å²) in [5, 5.41) is 14.3. The number of nitrogens with one attached hydrogen (secondary N) is 2. The molecular weight excluding hydrogens is 264 g/mol. The third kappa shape index (κ3) is 5.21. The quantitative estimate of drug-likeness (QED) is 0.744. The second-order valence-corrected chi connectivity index (χ2v) is 5.07. The highest BCUT2D eigenvalue weighted by atomic mass is 32.2. The number of urea groups is 1. The smallest absolute Gasteiger partial charge is 0.330 e. The van der Waals surface area contributed by atoms with Crippen molar-refractivity contribution in [3.05, 3.63) is 35.9 Å². The van der Waals surface area contributed by atoms with E-state index in [-0.39, 0.29) is 6.04 Å². The Kier molecular flexibility index (Phi) is 6.21. The summed E-state index contributed by atoms with van der Waals surface area (Å²) in [4.78, 5) is 22.9. The Balaban J connectivity index is 2.65. The molecule has 2 atom stereocenters. The molecule has 0 spiro atoms. The number of amides is 2. The summed E-state index contributed by atoms with van der Waals surface area (Å²) in [5.74, 6) is -0.310. The van der Waals surface area contributed by atoms with Crippen molar-refractivity contribution >= 4 is 23.8 Å². The highest BCUT2D eigenvalue weighted by Gasteiger charge is 2.22. The van der Waals surface area contributed by atoms with Gasteiger partial charge in [-0.25, -0.2) is 9.59 Å². The van der Waals surface area contributed by atoms with Crippen molar-refractivity contribution in [2.24, 2.45) is 0 Å². The normalized spacial score (nSPS) is 13.4. The topological polar surface area (TPSA) is 78.4 Å². The van der Waals surface area contributed by atoms with E-state index in [4.69, 9.17) is 5.11 Å². The highest BCUT2D eigenvalue weighted by molar-refractivity contribution is 7.98. The highest BCUT2D eigenvalue weighted by Crippen LogP contribution is 2.12. The number of hydrogen-bond acceptors (Lipinski definition) is 3. The van der Waals surface area contributed by atoms with Crippen LogP contribution in [-0.2, 0) is 4.79 Å². The standard InChI is InChI=1S/C13H18N2O3S/c1-9(8-19-2)14-13(18)15-11(12(16)17)10-6-4-3-5-7-10/h3-7,9,11H,8H2,1-2H3,(H,16,17)(H2,14,15,18)/t9?,11-/m0/s1. The molecule has 104 valence electrons. The molecule has 0 saturated heterocycles. The van der Waals surface area contributed by atoms with Gasteiger partial charge in [0.25, 0.3) is 0 Å². The molecule has 0 heterocycles. The van der Waals surface area contributed by atoms with Gasteiger partial charge in [-0.2, -0.15) is 11.8 Å². The molecular formula is C13H18N2O3S. The first-order chi connectivity index (χ1) is 9.04. The largest absolute Gasteiger partial charge is 0.479 e. The number of carbonyl (C=O) groups excluding carboxylic acids is 1. The van der Waals surface area contributed by atoms with Gasteiger partial charge < -0.3 is 15.7 Å². The molecule has 1 unspecified atom stereocenters. The first-order valence-electron chi connectivity index (χ1n) is 5.88. The Morgan fingerprint density at radius 3 is 2.42 bits per heavy atom. The van der Waals surface area contributed by atoms with Crippen molar-refractivity contribution < 1.29 is 14.7 Å². The van der Waals surface area contributed by atoms with Crippen LogP contribution in [-0.4, -0.2) is 35.2 Å². The Morgan fingerprint density at radius 1 is 1.26 bits per heavy atom. The number of rotatable bonds is 6. The first kappa shape index (κ1) is 15.4. The van der Waals surface area contributed by atoms with Crippen LogP contribution >= 0.6 is 11.8 Å². The van der Waals surface area contributed by atoms with Crippen LogP contribution in [0, 0.1) is 0 Å². The first-order valence-corrected chi connectivity index (χ1v) is 7.27. The van der Waals surface area contributed by atoms with Crippen molar-refractivity contribution in [1.29, 1.82) is 0 Å². The van der Waals surface area contributed by atoms with Crippen LogP contribution in [0.2, 0.25) is 0 Å². The van der Waals surface area contributed by atoms with Crippen LogP contribution in [0.4, 0.5) is 4.79 Å². The zero-order valence-corrected chi connectivity index (χ0v) is 11.7. The van der Waals surface area contributed by atoms with Crippen molar-refractivity contribution in [3.8, 4) is 0 Å². The maximum atomic E-state index is 11.7. The number of carboxylic acid groups (broad SMARTS) is 1. The monoisotopic (exact) mass is 282 g/mol. The molecule has 0 aliphatic carbocycles. The van der Waals surface area contributed by atoms with E-state index < -0.39 is 18.0 Å². The lowest BCUT2D eigenvalue weighted by atomic mass is 10.1. The number of hydrogen-bond donors (Lipinski definition) is 3. The zero-order chi connectivity index (χ0) is 14.3. The second kappa shape index (κ2) is 7.68. The van der Waals surface area contributed by atoms with Crippen molar-refractivity contribution in [2.45, 2.75) is 19.0 Å². The molecule has 1 rings (SSSR count). The van der Waals surface area contributed by atoms with Crippen LogP contribution < -0.4 is 10.6 Å². The van der Waals surface area contributed by atoms with E-state index in [1.165, 1.54) is 0 Å². The van der Waals surface area contributed by atoms with Gasteiger partial charge in [0.15, 0.2) is 6.04 Å². The Morgan fingerprint density at radius 2 is 1.89 bits per heavy atom. The molecule has 0 aliphatic rings. The lowest BCUT2D eigenvalue weighted by Crippen LogP contribution is -2.45. The maximum absolute atomic E-state index is 11.7. The van der Waals surface area contributed by atoms with Crippen molar-refractivity contribution in [2.75, 3.05) is 12.0 Å². The van der Waals surface area contributed by atoms with Gasteiger partial charge in [0.1, 0.15) is 0 Å². The fourth-order valence-corrected chi connectivity index (χ4v) is 2.20. The van der Waals surface area contributed by atoms with E-state index in [9.17, 15) is 9.59 Å². The van der Waals surface area contributed by atoms with Gasteiger partial charge in [0, 0.05) is 11.8 Å². The van der Waals surface area contributed by atoms with E-state index in [1.54, 1.807) is 42.1 Å². The molecule has 0 bridgehead atoms. The van der Waals surface area contributed by atoms with Gasteiger partial charge in [0.2, 0.25) is 0 Å². The number of aliphatic carboxylic acids is 1. The summed E-state index contributed by atoms with van der Waals surface area (Å²) in [6, 6.07) is 7.08. The summed E-state index contributed by atoms with van der Waals surface area (Å²) in [6.45, 7) is 1.87. The van der Waals surface area contributed by atoms with E-state index >= 15 is 0 Å². The lowest BCUT2D eigenvalue weighted by Gasteiger charge is -2.18. The van der Waals surface area contributed by atoms with Crippen LogP contribution in [0.1, 0.15) is 18.5 Å². The molecule has 1 aromatic rings. The molecule has 5 nitrogen and oxygen atoms in total. The second-order valence-electron chi connectivity index (χ2n) is 4.16. The molecule has 0 aromatic heterocycles. The molecule has 6 heteroatoms. The van der Waals surface area contributed by atoms with Crippen LogP contribution in [0.3, 0.4) is 0 Å². The minimum Gasteiger partial charge on any atom is -0.479 e. The van der Waals surface area contributed by atoms with Crippen molar-refractivity contribution in [3.63, 3.8) is 0 Å². The molecule has 19 heavy (non-hydrogen) atoms. The average Bonchev–Trinajstić information content (AvgIpc) is 2.37. The summed E-state index contributed by atoms with van der Waals surface area (Å²) in [6.07, 6.45) is 1.94.